The van der Waals surface area contributed by atoms with Crippen LogP contribution in [0.5, 0.6) is 0 Å². The highest BCUT2D eigenvalue weighted by Gasteiger charge is 2.44. The fraction of sp³-hybridized carbons (Fsp3) is 0.778. The molecule has 4 heteroatoms. The minimum Gasteiger partial charge on any atom is -0.480 e. The molecule has 4 nitrogen and oxygen atoms in total. The van der Waals surface area contributed by atoms with Gasteiger partial charge in [0.25, 0.3) is 0 Å². The maximum atomic E-state index is 10.8. The number of carboxylic acids is 2. The molecule has 0 saturated heterocycles. The Balaban J connectivity index is 2.65. The van der Waals surface area contributed by atoms with Crippen molar-refractivity contribution in [3.63, 3.8) is 0 Å². The topological polar surface area (TPSA) is 74.6 Å². The molecule has 1 saturated carbocycles. The van der Waals surface area contributed by atoms with Gasteiger partial charge < -0.3 is 10.2 Å². The van der Waals surface area contributed by atoms with Gasteiger partial charge in [-0.1, -0.05) is 19.3 Å². The Morgan fingerprint density at radius 3 is 2.00 bits per heavy atom. The quantitative estimate of drug-likeness (QED) is 0.650. The first-order valence-corrected chi connectivity index (χ1v) is 4.43. The van der Waals surface area contributed by atoms with Gasteiger partial charge in [0.15, 0.2) is 5.41 Å². The van der Waals surface area contributed by atoms with Gasteiger partial charge in [0.05, 0.1) is 0 Å². The molecule has 1 fully saturated rings. The number of rotatable bonds is 4. The standard InChI is InChI=1S/C9H14O4/c1-9(7(10)11,8(12)13)5-6-3-2-4-6/h6H,2-5H2,1H3,(H,10,11)(H,12,13). The number of carbonyl (C=O) groups is 2. The van der Waals surface area contributed by atoms with E-state index in [1.165, 1.54) is 6.92 Å². The third kappa shape index (κ3) is 1.82. The van der Waals surface area contributed by atoms with Gasteiger partial charge in [-0.15, -0.1) is 0 Å². The minimum absolute atomic E-state index is 0.262. The lowest BCUT2D eigenvalue weighted by Crippen LogP contribution is -2.39. The van der Waals surface area contributed by atoms with Crippen LogP contribution < -0.4 is 0 Å². The molecule has 0 aromatic heterocycles. The van der Waals surface area contributed by atoms with Gasteiger partial charge in [0, 0.05) is 0 Å². The van der Waals surface area contributed by atoms with Gasteiger partial charge in [-0.05, 0) is 19.3 Å². The molecule has 1 rings (SSSR count). The first-order valence-electron chi connectivity index (χ1n) is 4.43. The molecule has 0 amide bonds. The molecule has 0 bridgehead atoms. The molecular weight excluding hydrogens is 172 g/mol. The third-order valence-corrected chi connectivity index (χ3v) is 2.87. The van der Waals surface area contributed by atoms with Gasteiger partial charge in [0.1, 0.15) is 0 Å². The molecule has 0 unspecified atom stereocenters. The average Bonchev–Trinajstić information content (AvgIpc) is 1.95. The first kappa shape index (κ1) is 10.0. The summed E-state index contributed by atoms with van der Waals surface area (Å²) in [5, 5.41) is 17.6. The lowest BCUT2D eigenvalue weighted by molar-refractivity contribution is -0.165. The number of carboxylic acid groups (broad SMARTS) is 2. The van der Waals surface area contributed by atoms with E-state index < -0.39 is 17.4 Å². The number of aliphatic carboxylic acids is 2. The fourth-order valence-electron chi connectivity index (χ4n) is 1.54. The van der Waals surface area contributed by atoms with Crippen molar-refractivity contribution in [1.82, 2.24) is 0 Å². The van der Waals surface area contributed by atoms with Crippen molar-refractivity contribution in [3.8, 4) is 0 Å². The molecule has 0 aromatic rings. The lowest BCUT2D eigenvalue weighted by atomic mass is 9.72. The summed E-state index contributed by atoms with van der Waals surface area (Å²) in [5.41, 5.74) is -1.59. The van der Waals surface area contributed by atoms with Crippen LogP contribution in [0.15, 0.2) is 0 Å². The van der Waals surface area contributed by atoms with E-state index in [9.17, 15) is 9.59 Å². The zero-order valence-corrected chi connectivity index (χ0v) is 7.62. The Morgan fingerprint density at radius 1 is 1.31 bits per heavy atom. The van der Waals surface area contributed by atoms with Gasteiger partial charge >= 0.3 is 11.9 Å². The summed E-state index contributed by atoms with van der Waals surface area (Å²) in [7, 11) is 0. The van der Waals surface area contributed by atoms with Crippen LogP contribution in [-0.4, -0.2) is 22.2 Å². The number of hydrogen-bond donors (Lipinski definition) is 2. The monoisotopic (exact) mass is 186 g/mol. The zero-order chi connectivity index (χ0) is 10.1. The van der Waals surface area contributed by atoms with E-state index in [1.807, 2.05) is 0 Å². The smallest absolute Gasteiger partial charge is 0.320 e. The molecule has 2 N–H and O–H groups in total. The van der Waals surface area contributed by atoms with E-state index >= 15 is 0 Å². The van der Waals surface area contributed by atoms with Crippen molar-refractivity contribution in [2.75, 3.05) is 0 Å². The normalized spacial score (nSPS) is 17.9. The van der Waals surface area contributed by atoms with E-state index in [1.54, 1.807) is 0 Å². The highest BCUT2D eigenvalue weighted by atomic mass is 16.4. The zero-order valence-electron chi connectivity index (χ0n) is 7.62. The summed E-state index contributed by atoms with van der Waals surface area (Å²) in [6.45, 7) is 1.29. The van der Waals surface area contributed by atoms with Crippen LogP contribution in [0, 0.1) is 11.3 Å². The summed E-state index contributed by atoms with van der Waals surface area (Å²) in [5.74, 6) is -2.17. The van der Waals surface area contributed by atoms with Crippen molar-refractivity contribution < 1.29 is 19.8 Å². The Labute approximate surface area is 76.6 Å². The second-order valence-corrected chi connectivity index (χ2v) is 3.94. The van der Waals surface area contributed by atoms with Crippen LogP contribution in [-0.2, 0) is 9.59 Å². The molecule has 0 radical (unpaired) electrons. The van der Waals surface area contributed by atoms with Gasteiger partial charge in [-0.2, -0.15) is 0 Å². The molecule has 0 heterocycles. The van der Waals surface area contributed by atoms with E-state index in [0.29, 0.717) is 0 Å². The molecule has 13 heavy (non-hydrogen) atoms. The van der Waals surface area contributed by atoms with Crippen molar-refractivity contribution in [3.05, 3.63) is 0 Å². The van der Waals surface area contributed by atoms with E-state index in [4.69, 9.17) is 10.2 Å². The van der Waals surface area contributed by atoms with Gasteiger partial charge in [-0.3, -0.25) is 9.59 Å². The van der Waals surface area contributed by atoms with Crippen molar-refractivity contribution >= 4 is 11.9 Å². The Hall–Kier alpha value is -1.06. The van der Waals surface area contributed by atoms with Crippen LogP contribution in [0.4, 0.5) is 0 Å². The molecule has 1 aliphatic rings. The molecule has 0 aromatic carbocycles. The van der Waals surface area contributed by atoms with Crippen LogP contribution in [0.3, 0.4) is 0 Å². The van der Waals surface area contributed by atoms with E-state index in [0.717, 1.165) is 19.3 Å². The Kier molecular flexibility index (Phi) is 2.59. The second kappa shape index (κ2) is 3.36. The first-order chi connectivity index (χ1) is 5.97. The molecule has 0 atom stereocenters. The second-order valence-electron chi connectivity index (χ2n) is 3.94. The summed E-state index contributed by atoms with van der Waals surface area (Å²) in [6, 6.07) is 0. The summed E-state index contributed by atoms with van der Waals surface area (Å²) >= 11 is 0. The Bertz CT molecular complexity index is 216. The van der Waals surface area contributed by atoms with Gasteiger partial charge in [0.2, 0.25) is 0 Å². The highest BCUT2D eigenvalue weighted by molar-refractivity contribution is 5.97. The van der Waals surface area contributed by atoms with Crippen LogP contribution in [0.2, 0.25) is 0 Å². The summed E-state index contributed by atoms with van der Waals surface area (Å²) < 4.78 is 0. The third-order valence-electron chi connectivity index (χ3n) is 2.87. The average molecular weight is 186 g/mol. The van der Waals surface area contributed by atoms with Crippen LogP contribution >= 0.6 is 0 Å². The molecule has 0 aliphatic heterocycles. The fourth-order valence-corrected chi connectivity index (χ4v) is 1.54. The summed E-state index contributed by atoms with van der Waals surface area (Å²) in [4.78, 5) is 21.5. The lowest BCUT2D eigenvalue weighted by Gasteiger charge is -2.31. The van der Waals surface area contributed by atoms with E-state index in [2.05, 4.69) is 0 Å². The molecular formula is C9H14O4. The largest absolute Gasteiger partial charge is 0.480 e. The predicted octanol–water partition coefficient (Wildman–Crippen LogP) is 1.35. The maximum absolute atomic E-state index is 10.8. The molecule has 74 valence electrons. The van der Waals surface area contributed by atoms with Crippen LogP contribution in [0.1, 0.15) is 32.6 Å². The highest BCUT2D eigenvalue weighted by Crippen LogP contribution is 2.37. The van der Waals surface area contributed by atoms with E-state index in [-0.39, 0.29) is 12.3 Å². The van der Waals surface area contributed by atoms with Crippen LogP contribution in [0.25, 0.3) is 0 Å². The maximum Gasteiger partial charge on any atom is 0.320 e. The number of hydrogen-bond acceptors (Lipinski definition) is 2. The SMILES string of the molecule is CC(CC1CCC1)(C(=O)O)C(=O)O. The molecule has 1 aliphatic carbocycles. The predicted molar refractivity (Wildman–Crippen MR) is 45.3 cm³/mol. The molecule has 0 spiro atoms. The summed E-state index contributed by atoms with van der Waals surface area (Å²) in [6.07, 6.45) is 3.30. The van der Waals surface area contributed by atoms with Gasteiger partial charge in [-0.25, -0.2) is 0 Å². The minimum atomic E-state index is -1.59. The van der Waals surface area contributed by atoms with Crippen molar-refractivity contribution in [1.29, 1.82) is 0 Å². The van der Waals surface area contributed by atoms with Crippen molar-refractivity contribution in [2.45, 2.75) is 32.6 Å². The Morgan fingerprint density at radius 2 is 1.77 bits per heavy atom. The van der Waals surface area contributed by atoms with Crippen molar-refractivity contribution in [2.24, 2.45) is 11.3 Å².